The Morgan fingerprint density at radius 2 is 2.29 bits per heavy atom. The van der Waals surface area contributed by atoms with Crippen molar-refractivity contribution >= 4 is 6.47 Å². The van der Waals surface area contributed by atoms with Crippen molar-refractivity contribution in [2.24, 2.45) is 0 Å². The predicted molar refractivity (Wildman–Crippen MR) is 22.3 cm³/mol. The monoisotopic (exact) mass is 139 g/mol. The van der Waals surface area contributed by atoms with Crippen LogP contribution in [0.4, 0.5) is 0 Å². The third-order valence-corrected chi connectivity index (χ3v) is 0.390. The van der Waals surface area contributed by atoms with Crippen LogP contribution < -0.4 is 0 Å². The SMILES string of the molecule is CCCOC=O.[V]. The summed E-state index contributed by atoms with van der Waals surface area (Å²) in [5.74, 6) is 0. The van der Waals surface area contributed by atoms with E-state index in [1.54, 1.807) is 0 Å². The van der Waals surface area contributed by atoms with E-state index >= 15 is 0 Å². The quantitative estimate of drug-likeness (QED) is 0.422. The molecular weight excluding hydrogens is 131 g/mol. The Bertz CT molecular complexity index is 38.7. The first-order chi connectivity index (χ1) is 2.91. The number of hydrogen-bond acceptors (Lipinski definition) is 2. The molecule has 0 heterocycles. The maximum absolute atomic E-state index is 9.34. The molecule has 0 saturated heterocycles. The van der Waals surface area contributed by atoms with E-state index in [-0.39, 0.29) is 18.6 Å². The first-order valence-corrected chi connectivity index (χ1v) is 1.97. The number of carbonyl (C=O) groups is 1. The molecule has 0 aromatic rings. The molecule has 0 fully saturated rings. The van der Waals surface area contributed by atoms with Gasteiger partial charge in [0.1, 0.15) is 0 Å². The largest absolute Gasteiger partial charge is 0.468 e. The van der Waals surface area contributed by atoms with Crippen molar-refractivity contribution in [2.45, 2.75) is 13.3 Å². The summed E-state index contributed by atoms with van der Waals surface area (Å²) in [5.41, 5.74) is 0. The summed E-state index contributed by atoms with van der Waals surface area (Å²) in [4.78, 5) is 9.34. The molecule has 0 aliphatic rings. The van der Waals surface area contributed by atoms with Crippen LogP contribution in [0.3, 0.4) is 0 Å². The van der Waals surface area contributed by atoms with E-state index in [9.17, 15) is 4.79 Å². The minimum absolute atomic E-state index is 0. The molecule has 0 saturated carbocycles. The number of carbonyl (C=O) groups excluding carboxylic acids is 1. The van der Waals surface area contributed by atoms with Gasteiger partial charge in [-0.3, -0.25) is 4.79 Å². The zero-order valence-electron chi connectivity index (χ0n) is 4.26. The molecule has 0 amide bonds. The van der Waals surface area contributed by atoms with Crippen LogP contribution in [0.5, 0.6) is 0 Å². The van der Waals surface area contributed by atoms with E-state index in [1.165, 1.54) is 0 Å². The maximum atomic E-state index is 9.34. The van der Waals surface area contributed by atoms with Crippen LogP contribution in [0.25, 0.3) is 0 Å². The molecule has 0 aliphatic carbocycles. The van der Waals surface area contributed by atoms with E-state index in [4.69, 9.17) is 0 Å². The van der Waals surface area contributed by atoms with E-state index < -0.39 is 0 Å². The second kappa shape index (κ2) is 9.41. The zero-order valence-corrected chi connectivity index (χ0v) is 5.65. The third-order valence-electron chi connectivity index (χ3n) is 0.390. The summed E-state index contributed by atoms with van der Waals surface area (Å²) >= 11 is 0. The van der Waals surface area contributed by atoms with Crippen LogP contribution in [0.1, 0.15) is 13.3 Å². The van der Waals surface area contributed by atoms with Gasteiger partial charge in [-0.1, -0.05) is 6.92 Å². The Kier molecular flexibility index (Phi) is 13.6. The van der Waals surface area contributed by atoms with Gasteiger partial charge in [-0.25, -0.2) is 0 Å². The topological polar surface area (TPSA) is 26.3 Å². The van der Waals surface area contributed by atoms with E-state index in [2.05, 4.69) is 4.74 Å². The first-order valence-electron chi connectivity index (χ1n) is 1.97. The molecule has 0 bridgehead atoms. The van der Waals surface area contributed by atoms with Crippen LogP contribution in [-0.4, -0.2) is 13.1 Å². The summed E-state index contributed by atoms with van der Waals surface area (Å²) < 4.78 is 4.30. The Labute approximate surface area is 55.1 Å². The van der Waals surface area contributed by atoms with Gasteiger partial charge in [-0.2, -0.15) is 0 Å². The van der Waals surface area contributed by atoms with Crippen molar-refractivity contribution in [2.75, 3.05) is 6.61 Å². The summed E-state index contributed by atoms with van der Waals surface area (Å²) in [6.07, 6.45) is 0.902. The molecule has 2 nitrogen and oxygen atoms in total. The number of ether oxygens (including phenoxy) is 1. The molecule has 0 aromatic heterocycles. The van der Waals surface area contributed by atoms with Crippen LogP contribution in [0.15, 0.2) is 0 Å². The molecular formula is C4H8O2V. The first kappa shape index (κ1) is 10.1. The number of hydrogen-bond donors (Lipinski definition) is 0. The van der Waals surface area contributed by atoms with Crippen LogP contribution in [0, 0.1) is 0 Å². The molecule has 0 atom stereocenters. The van der Waals surface area contributed by atoms with Crippen LogP contribution in [0.2, 0.25) is 0 Å². The summed E-state index contributed by atoms with van der Waals surface area (Å²) in [7, 11) is 0. The average Bonchev–Trinajstić information content (AvgIpc) is 1.61. The van der Waals surface area contributed by atoms with Gasteiger partial charge in [-0.15, -0.1) is 0 Å². The molecule has 0 unspecified atom stereocenters. The molecule has 7 heavy (non-hydrogen) atoms. The molecule has 41 valence electrons. The summed E-state index contributed by atoms with van der Waals surface area (Å²) in [6.45, 7) is 2.95. The van der Waals surface area contributed by atoms with Gasteiger partial charge in [0.2, 0.25) is 0 Å². The van der Waals surface area contributed by atoms with Crippen molar-refractivity contribution in [1.29, 1.82) is 0 Å². The van der Waals surface area contributed by atoms with Gasteiger partial charge in [-0.05, 0) is 6.42 Å². The summed E-state index contributed by atoms with van der Waals surface area (Å²) in [6, 6.07) is 0. The molecule has 0 aliphatic heterocycles. The van der Waals surface area contributed by atoms with Crippen molar-refractivity contribution in [3.63, 3.8) is 0 Å². The molecule has 0 aromatic carbocycles. The van der Waals surface area contributed by atoms with Crippen molar-refractivity contribution in [1.82, 2.24) is 0 Å². The third kappa shape index (κ3) is 10.7. The minimum Gasteiger partial charge on any atom is -0.468 e. The van der Waals surface area contributed by atoms with Gasteiger partial charge >= 0.3 is 0 Å². The predicted octanol–water partition coefficient (Wildman–Crippen LogP) is 0.567. The Balaban J connectivity index is 0. The standard InChI is InChI=1S/C4H8O2.V/c1-2-3-6-4-5;/h4H,2-3H2,1H3;. The zero-order chi connectivity index (χ0) is 4.83. The fourth-order valence-electron chi connectivity index (χ4n) is 0.166. The van der Waals surface area contributed by atoms with Crippen molar-refractivity contribution < 1.29 is 28.1 Å². The molecule has 3 heteroatoms. The van der Waals surface area contributed by atoms with Gasteiger partial charge in [0.25, 0.3) is 6.47 Å². The molecule has 0 spiro atoms. The molecule has 1 radical (unpaired) electrons. The Morgan fingerprint density at radius 3 is 2.43 bits per heavy atom. The second-order valence-electron chi connectivity index (χ2n) is 0.967. The van der Waals surface area contributed by atoms with Crippen LogP contribution in [-0.2, 0) is 28.1 Å². The van der Waals surface area contributed by atoms with Gasteiger partial charge < -0.3 is 4.74 Å². The van der Waals surface area contributed by atoms with Crippen molar-refractivity contribution in [3.05, 3.63) is 0 Å². The van der Waals surface area contributed by atoms with Gasteiger partial charge in [0.15, 0.2) is 0 Å². The van der Waals surface area contributed by atoms with E-state index in [0.29, 0.717) is 13.1 Å². The maximum Gasteiger partial charge on any atom is 0.293 e. The van der Waals surface area contributed by atoms with Crippen LogP contribution >= 0.6 is 0 Å². The smallest absolute Gasteiger partial charge is 0.293 e. The van der Waals surface area contributed by atoms with E-state index in [1.807, 2.05) is 6.92 Å². The normalized spacial score (nSPS) is 6.43. The summed E-state index contributed by atoms with van der Waals surface area (Å²) in [5, 5.41) is 0. The molecule has 0 N–H and O–H groups in total. The fourth-order valence-corrected chi connectivity index (χ4v) is 0.166. The average molecular weight is 139 g/mol. The Morgan fingerprint density at radius 1 is 1.71 bits per heavy atom. The number of rotatable bonds is 3. The van der Waals surface area contributed by atoms with Gasteiger partial charge in [0, 0.05) is 18.6 Å². The van der Waals surface area contributed by atoms with E-state index in [0.717, 1.165) is 6.42 Å². The Hall–Kier alpha value is 0.0544. The van der Waals surface area contributed by atoms with Crippen molar-refractivity contribution in [3.8, 4) is 0 Å². The molecule has 0 rings (SSSR count). The van der Waals surface area contributed by atoms with Gasteiger partial charge in [0.05, 0.1) is 6.61 Å². The fraction of sp³-hybridized carbons (Fsp3) is 0.750. The second-order valence-corrected chi connectivity index (χ2v) is 0.967. The minimum atomic E-state index is 0.